The highest BCUT2D eigenvalue weighted by Gasteiger charge is 2.15. The Balaban J connectivity index is 1.82. The van der Waals surface area contributed by atoms with Crippen LogP contribution < -0.4 is 15.4 Å². The van der Waals surface area contributed by atoms with E-state index in [4.69, 9.17) is 4.74 Å². The molecule has 0 aliphatic rings. The number of halogens is 1. The molecule has 2 amide bonds. The van der Waals surface area contributed by atoms with Crippen molar-refractivity contribution in [2.45, 2.75) is 0 Å². The molecule has 6 heteroatoms. The summed E-state index contributed by atoms with van der Waals surface area (Å²) in [6, 6.07) is 18.8. The summed E-state index contributed by atoms with van der Waals surface area (Å²) in [6.45, 7) is 0. The van der Waals surface area contributed by atoms with E-state index in [0.717, 1.165) is 0 Å². The molecule has 3 aromatic carbocycles. The summed E-state index contributed by atoms with van der Waals surface area (Å²) in [5, 5.41) is 5.46. The number of amides is 2. The molecule has 0 radical (unpaired) electrons. The molecule has 0 heterocycles. The van der Waals surface area contributed by atoms with Crippen molar-refractivity contribution in [2.75, 3.05) is 17.7 Å². The maximum absolute atomic E-state index is 13.0. The number of hydrogen-bond donors (Lipinski definition) is 2. The fourth-order valence-corrected chi connectivity index (χ4v) is 2.52. The minimum absolute atomic E-state index is 0.288. The summed E-state index contributed by atoms with van der Waals surface area (Å²) in [7, 11) is 1.52. The topological polar surface area (TPSA) is 67.4 Å². The number of para-hydroxylation sites is 3. The molecule has 0 bridgehead atoms. The van der Waals surface area contributed by atoms with Crippen LogP contribution in [0.25, 0.3) is 0 Å². The number of anilines is 2. The van der Waals surface area contributed by atoms with Gasteiger partial charge in [-0.15, -0.1) is 0 Å². The van der Waals surface area contributed by atoms with Crippen LogP contribution in [-0.2, 0) is 0 Å². The predicted octanol–water partition coefficient (Wildman–Crippen LogP) is 4.34. The molecular weight excluding hydrogens is 347 g/mol. The van der Waals surface area contributed by atoms with E-state index in [1.54, 1.807) is 48.5 Å². The van der Waals surface area contributed by atoms with Crippen molar-refractivity contribution in [1.29, 1.82) is 0 Å². The molecule has 0 saturated carbocycles. The van der Waals surface area contributed by atoms with Crippen LogP contribution in [0.15, 0.2) is 72.8 Å². The van der Waals surface area contributed by atoms with Crippen LogP contribution in [0.3, 0.4) is 0 Å². The number of benzene rings is 3. The summed E-state index contributed by atoms with van der Waals surface area (Å²) in [6.07, 6.45) is 0. The first-order valence-corrected chi connectivity index (χ1v) is 8.19. The fraction of sp³-hybridized carbons (Fsp3) is 0.0476. The number of hydrogen-bond acceptors (Lipinski definition) is 3. The third-order valence-corrected chi connectivity index (χ3v) is 3.88. The minimum atomic E-state index is -0.437. The second-order valence-corrected chi connectivity index (χ2v) is 5.66. The number of carbonyl (C=O) groups is 2. The second-order valence-electron chi connectivity index (χ2n) is 5.66. The number of nitrogens with one attached hydrogen (secondary N) is 2. The Hall–Kier alpha value is -3.67. The third kappa shape index (κ3) is 4.30. The summed E-state index contributed by atoms with van der Waals surface area (Å²) >= 11 is 0. The Kier molecular flexibility index (Phi) is 5.47. The van der Waals surface area contributed by atoms with E-state index < -0.39 is 17.6 Å². The second kappa shape index (κ2) is 8.14. The zero-order valence-corrected chi connectivity index (χ0v) is 14.5. The molecule has 2 N–H and O–H groups in total. The zero-order chi connectivity index (χ0) is 19.2. The molecule has 0 aliphatic carbocycles. The van der Waals surface area contributed by atoms with Gasteiger partial charge in [-0.1, -0.05) is 24.3 Å². The van der Waals surface area contributed by atoms with Gasteiger partial charge in [-0.3, -0.25) is 9.59 Å². The van der Waals surface area contributed by atoms with Crippen LogP contribution in [-0.4, -0.2) is 18.9 Å². The molecule has 0 spiro atoms. The van der Waals surface area contributed by atoms with E-state index in [2.05, 4.69) is 10.6 Å². The van der Waals surface area contributed by atoms with Crippen LogP contribution in [0.1, 0.15) is 20.7 Å². The number of carbonyl (C=O) groups excluding carboxylic acids is 2. The molecule has 0 aliphatic heterocycles. The van der Waals surface area contributed by atoms with Crippen LogP contribution in [0.5, 0.6) is 5.75 Å². The van der Waals surface area contributed by atoms with Gasteiger partial charge in [0.15, 0.2) is 0 Å². The van der Waals surface area contributed by atoms with Gasteiger partial charge < -0.3 is 15.4 Å². The van der Waals surface area contributed by atoms with Crippen LogP contribution in [0, 0.1) is 5.82 Å². The van der Waals surface area contributed by atoms with Gasteiger partial charge in [0.25, 0.3) is 11.8 Å². The van der Waals surface area contributed by atoms with E-state index in [9.17, 15) is 14.0 Å². The maximum Gasteiger partial charge on any atom is 0.257 e. The molecule has 3 rings (SSSR count). The molecule has 0 atom stereocenters. The van der Waals surface area contributed by atoms with Gasteiger partial charge in [0, 0.05) is 5.56 Å². The Labute approximate surface area is 155 Å². The van der Waals surface area contributed by atoms with Crippen molar-refractivity contribution >= 4 is 23.2 Å². The van der Waals surface area contributed by atoms with E-state index in [1.807, 2.05) is 0 Å². The van der Waals surface area contributed by atoms with Crippen molar-refractivity contribution in [2.24, 2.45) is 0 Å². The highest BCUT2D eigenvalue weighted by atomic mass is 19.1. The Morgan fingerprint density at radius 3 is 2.07 bits per heavy atom. The SMILES string of the molecule is COc1ccccc1NC(=O)c1ccccc1NC(=O)c1ccc(F)cc1. The number of rotatable bonds is 5. The molecule has 3 aromatic rings. The van der Waals surface area contributed by atoms with Gasteiger partial charge in [-0.05, 0) is 48.5 Å². The molecule has 0 unspecified atom stereocenters. The van der Waals surface area contributed by atoms with E-state index in [1.165, 1.54) is 31.4 Å². The van der Waals surface area contributed by atoms with Crippen LogP contribution in [0.4, 0.5) is 15.8 Å². The minimum Gasteiger partial charge on any atom is -0.495 e. The third-order valence-electron chi connectivity index (χ3n) is 3.88. The van der Waals surface area contributed by atoms with Crippen molar-refractivity contribution in [3.63, 3.8) is 0 Å². The molecule has 5 nitrogen and oxygen atoms in total. The van der Waals surface area contributed by atoms with E-state index in [0.29, 0.717) is 22.7 Å². The summed E-state index contributed by atoms with van der Waals surface area (Å²) < 4.78 is 18.3. The van der Waals surface area contributed by atoms with Gasteiger partial charge >= 0.3 is 0 Å². The largest absolute Gasteiger partial charge is 0.495 e. The fourth-order valence-electron chi connectivity index (χ4n) is 2.52. The summed E-state index contributed by atoms with van der Waals surface area (Å²) in [5.41, 5.74) is 1.44. The average molecular weight is 364 g/mol. The lowest BCUT2D eigenvalue weighted by molar-refractivity contribution is 0.102. The highest BCUT2D eigenvalue weighted by molar-refractivity contribution is 6.12. The Morgan fingerprint density at radius 2 is 1.37 bits per heavy atom. The van der Waals surface area contributed by atoms with Gasteiger partial charge in [0.1, 0.15) is 11.6 Å². The summed E-state index contributed by atoms with van der Waals surface area (Å²) in [5.74, 6) is -0.733. The van der Waals surface area contributed by atoms with Gasteiger partial charge in [-0.2, -0.15) is 0 Å². The summed E-state index contributed by atoms with van der Waals surface area (Å²) in [4.78, 5) is 25.1. The molecule has 27 heavy (non-hydrogen) atoms. The first kappa shape index (κ1) is 18.1. The van der Waals surface area contributed by atoms with E-state index >= 15 is 0 Å². The lowest BCUT2D eigenvalue weighted by Gasteiger charge is -2.13. The Bertz CT molecular complexity index is 971. The highest BCUT2D eigenvalue weighted by Crippen LogP contribution is 2.25. The van der Waals surface area contributed by atoms with Crippen molar-refractivity contribution < 1.29 is 18.7 Å². The maximum atomic E-state index is 13.0. The quantitative estimate of drug-likeness (QED) is 0.708. The molecular formula is C21H17FN2O3. The van der Waals surface area contributed by atoms with Crippen LogP contribution >= 0.6 is 0 Å². The van der Waals surface area contributed by atoms with Gasteiger partial charge in [0.05, 0.1) is 24.0 Å². The smallest absolute Gasteiger partial charge is 0.257 e. The molecule has 136 valence electrons. The zero-order valence-electron chi connectivity index (χ0n) is 14.5. The van der Waals surface area contributed by atoms with Gasteiger partial charge in [-0.25, -0.2) is 4.39 Å². The normalized spacial score (nSPS) is 10.1. The average Bonchev–Trinajstić information content (AvgIpc) is 2.69. The molecule has 0 saturated heterocycles. The number of ether oxygens (including phenoxy) is 1. The number of methoxy groups -OCH3 is 1. The lowest BCUT2D eigenvalue weighted by Crippen LogP contribution is -2.18. The predicted molar refractivity (Wildman–Crippen MR) is 102 cm³/mol. The van der Waals surface area contributed by atoms with Crippen molar-refractivity contribution in [3.8, 4) is 5.75 Å². The standard InChI is InChI=1S/C21H17FN2O3/c1-27-19-9-5-4-8-18(19)24-21(26)16-6-2-3-7-17(16)23-20(25)14-10-12-15(22)13-11-14/h2-13H,1H3,(H,23,25)(H,24,26). The van der Waals surface area contributed by atoms with E-state index in [-0.39, 0.29) is 5.56 Å². The molecule has 0 fully saturated rings. The lowest BCUT2D eigenvalue weighted by atomic mass is 10.1. The van der Waals surface area contributed by atoms with Gasteiger partial charge in [0.2, 0.25) is 0 Å². The Morgan fingerprint density at radius 1 is 0.778 bits per heavy atom. The molecule has 0 aromatic heterocycles. The first-order valence-electron chi connectivity index (χ1n) is 8.19. The van der Waals surface area contributed by atoms with Crippen LogP contribution in [0.2, 0.25) is 0 Å². The first-order chi connectivity index (χ1) is 13.1. The van der Waals surface area contributed by atoms with Crippen molar-refractivity contribution in [3.05, 3.63) is 89.7 Å². The van der Waals surface area contributed by atoms with Crippen molar-refractivity contribution in [1.82, 2.24) is 0 Å². The monoisotopic (exact) mass is 364 g/mol.